The molecule has 0 aliphatic carbocycles. The molecule has 0 saturated carbocycles. The minimum Gasteiger partial charge on any atom is -0.480 e. The minimum absolute atomic E-state index is 0.0656. The van der Waals surface area contributed by atoms with Crippen molar-refractivity contribution in [2.75, 3.05) is 0 Å². The van der Waals surface area contributed by atoms with Crippen LogP contribution < -0.4 is 10.5 Å². The third-order valence-corrected chi connectivity index (χ3v) is 7.47. The van der Waals surface area contributed by atoms with Gasteiger partial charge in [0.05, 0.1) is 19.8 Å². The highest BCUT2D eigenvalue weighted by atomic mass is 35.5. The van der Waals surface area contributed by atoms with Crippen molar-refractivity contribution < 1.29 is 23.1 Å². The molecule has 0 radical (unpaired) electrons. The van der Waals surface area contributed by atoms with Crippen LogP contribution >= 0.6 is 23.2 Å². The highest BCUT2D eigenvalue weighted by Gasteiger charge is 2.23. The van der Waals surface area contributed by atoms with E-state index in [4.69, 9.17) is 38.8 Å². The maximum absolute atomic E-state index is 13.2. The average Bonchev–Trinajstić information content (AvgIpc) is 3.20. The first-order chi connectivity index (χ1) is 15.6. The van der Waals surface area contributed by atoms with E-state index in [0.29, 0.717) is 16.7 Å². The largest absolute Gasteiger partial charge is 0.480 e. The Kier molecular flexibility index (Phi) is 6.11. The number of rotatable bonds is 6. The van der Waals surface area contributed by atoms with E-state index >= 15 is 0 Å². The van der Waals surface area contributed by atoms with Gasteiger partial charge < -0.3 is 20.6 Å². The molecule has 1 unspecified atom stereocenters. The number of aryl methyl sites for hydroxylation is 1. The lowest BCUT2D eigenvalue weighted by atomic mass is 10.1. The topological polar surface area (TPSA) is 122 Å². The molecule has 1 heterocycles. The summed E-state index contributed by atoms with van der Waals surface area (Å²) in [6, 6.07) is 12.9. The van der Waals surface area contributed by atoms with Gasteiger partial charge in [-0.3, -0.25) is 4.79 Å². The molecule has 0 amide bonds. The molecule has 4 N–H and O–H groups in total. The molecule has 0 bridgehead atoms. The lowest BCUT2D eigenvalue weighted by molar-refractivity contribution is -0.138. The van der Waals surface area contributed by atoms with Crippen molar-refractivity contribution >= 4 is 49.9 Å². The Bertz CT molecular complexity index is 1460. The number of hydrogen-bond donors (Lipinski definition) is 3. The second-order valence-electron chi connectivity index (χ2n) is 7.41. The average molecular weight is 505 g/mol. The van der Waals surface area contributed by atoms with Crippen LogP contribution in [0.5, 0.6) is 11.5 Å². The van der Waals surface area contributed by atoms with Crippen molar-refractivity contribution in [2.45, 2.75) is 22.8 Å². The van der Waals surface area contributed by atoms with E-state index in [2.05, 4.69) is 4.98 Å². The normalized spacial score (nSPS) is 12.6. The van der Waals surface area contributed by atoms with E-state index in [-0.39, 0.29) is 31.1 Å². The number of aromatic amines is 1. The van der Waals surface area contributed by atoms with Gasteiger partial charge in [0.25, 0.3) is 0 Å². The maximum atomic E-state index is 13.2. The predicted octanol–water partition coefficient (Wildman–Crippen LogP) is 5.49. The number of aliphatic carboxylic acids is 1. The highest BCUT2D eigenvalue weighted by molar-refractivity contribution is 7.91. The van der Waals surface area contributed by atoms with Gasteiger partial charge in [-0.05, 0) is 55.0 Å². The van der Waals surface area contributed by atoms with Crippen molar-refractivity contribution in [2.24, 2.45) is 5.73 Å². The Balaban J connectivity index is 1.73. The molecule has 0 fully saturated rings. The van der Waals surface area contributed by atoms with E-state index in [9.17, 15) is 13.2 Å². The molecule has 33 heavy (non-hydrogen) atoms. The number of carboxylic acids is 1. The molecule has 4 aromatic rings. The standard InChI is InChI=1S/C23H18Cl2N2O5S/c1-12-2-5-15(6-3-12)33(30,31)20-11-27-19-7-4-14(10-16(19)20)32-22-17(24)8-13(9-18(22)25)21(26)23(28)29/h2-11,21,27H,26H2,1H3,(H,28,29). The van der Waals surface area contributed by atoms with Crippen LogP contribution in [-0.4, -0.2) is 24.5 Å². The number of nitrogens with two attached hydrogens (primary N) is 1. The Morgan fingerprint density at radius 1 is 1.06 bits per heavy atom. The van der Waals surface area contributed by atoms with Crippen molar-refractivity contribution in [3.8, 4) is 11.5 Å². The monoisotopic (exact) mass is 504 g/mol. The first-order valence-electron chi connectivity index (χ1n) is 9.66. The number of aromatic nitrogens is 1. The number of carbonyl (C=O) groups is 1. The van der Waals surface area contributed by atoms with Crippen LogP contribution in [0.4, 0.5) is 0 Å². The summed E-state index contributed by atoms with van der Waals surface area (Å²) in [7, 11) is -3.78. The Hall–Kier alpha value is -3.04. The molecule has 1 atom stereocenters. The molecule has 170 valence electrons. The summed E-state index contributed by atoms with van der Waals surface area (Å²) in [5, 5.41) is 9.66. The third-order valence-electron chi connectivity index (χ3n) is 5.10. The first-order valence-corrected chi connectivity index (χ1v) is 11.9. The van der Waals surface area contributed by atoms with E-state index in [1.807, 2.05) is 6.92 Å². The molecule has 7 nitrogen and oxygen atoms in total. The van der Waals surface area contributed by atoms with Gasteiger partial charge >= 0.3 is 5.97 Å². The Labute approximate surface area is 199 Å². The number of H-pyrrole nitrogens is 1. The second-order valence-corrected chi connectivity index (χ2v) is 10.1. The molecular formula is C23H18Cl2N2O5S. The summed E-state index contributed by atoms with van der Waals surface area (Å²) in [5.41, 5.74) is 7.40. The number of halogens is 2. The molecule has 0 spiro atoms. The van der Waals surface area contributed by atoms with Gasteiger partial charge in [-0.2, -0.15) is 0 Å². The van der Waals surface area contributed by atoms with Crippen LogP contribution in [0.3, 0.4) is 0 Å². The zero-order chi connectivity index (χ0) is 23.9. The molecule has 0 aliphatic rings. The van der Waals surface area contributed by atoms with Gasteiger partial charge in [-0.15, -0.1) is 0 Å². The van der Waals surface area contributed by atoms with E-state index in [0.717, 1.165) is 5.56 Å². The first kappa shape index (κ1) is 23.1. The second kappa shape index (κ2) is 8.72. The molecular weight excluding hydrogens is 487 g/mol. The van der Waals surface area contributed by atoms with Gasteiger partial charge in [0.15, 0.2) is 5.75 Å². The van der Waals surface area contributed by atoms with Crippen LogP contribution in [0.1, 0.15) is 17.2 Å². The van der Waals surface area contributed by atoms with Gasteiger partial charge in [0.1, 0.15) is 11.8 Å². The van der Waals surface area contributed by atoms with Gasteiger partial charge in [-0.25, -0.2) is 8.42 Å². The summed E-state index contributed by atoms with van der Waals surface area (Å²) < 4.78 is 32.2. The van der Waals surface area contributed by atoms with Crippen LogP contribution in [0, 0.1) is 6.92 Å². The van der Waals surface area contributed by atoms with Crippen LogP contribution in [-0.2, 0) is 14.6 Å². The highest BCUT2D eigenvalue weighted by Crippen LogP contribution is 2.40. The Morgan fingerprint density at radius 3 is 2.30 bits per heavy atom. The predicted molar refractivity (Wildman–Crippen MR) is 126 cm³/mol. The van der Waals surface area contributed by atoms with E-state index in [1.54, 1.807) is 42.5 Å². The summed E-state index contributed by atoms with van der Waals surface area (Å²) in [6.45, 7) is 1.88. The molecule has 10 heteroatoms. The molecule has 3 aromatic carbocycles. The van der Waals surface area contributed by atoms with Crippen LogP contribution in [0.15, 0.2) is 70.6 Å². The van der Waals surface area contributed by atoms with Crippen molar-refractivity contribution in [3.63, 3.8) is 0 Å². The number of ether oxygens (including phenoxy) is 1. The summed E-state index contributed by atoms with van der Waals surface area (Å²) >= 11 is 12.5. The zero-order valence-electron chi connectivity index (χ0n) is 17.2. The molecule has 4 rings (SSSR count). The van der Waals surface area contributed by atoms with Crippen molar-refractivity contribution in [3.05, 3.63) is 82.0 Å². The smallest absolute Gasteiger partial charge is 0.325 e. The number of fused-ring (bicyclic) bond motifs is 1. The van der Waals surface area contributed by atoms with E-state index < -0.39 is 21.8 Å². The number of carboxylic acid groups (broad SMARTS) is 1. The quantitative estimate of drug-likeness (QED) is 0.318. The summed E-state index contributed by atoms with van der Waals surface area (Å²) in [4.78, 5) is 14.4. The SMILES string of the molecule is Cc1ccc(S(=O)(=O)c2c[nH]c3ccc(Oc4c(Cl)cc(C(N)C(=O)O)cc4Cl)cc23)cc1. The summed E-state index contributed by atoms with van der Waals surface area (Å²) in [6.07, 6.45) is 1.44. The van der Waals surface area contributed by atoms with Gasteiger partial charge in [0.2, 0.25) is 9.84 Å². The number of nitrogens with one attached hydrogen (secondary N) is 1. The molecule has 1 aromatic heterocycles. The fraction of sp³-hybridized carbons (Fsp3) is 0.0870. The van der Waals surface area contributed by atoms with Gasteiger partial charge in [-0.1, -0.05) is 40.9 Å². The van der Waals surface area contributed by atoms with Crippen LogP contribution in [0.25, 0.3) is 10.9 Å². The number of benzene rings is 3. The lowest BCUT2D eigenvalue weighted by Crippen LogP contribution is -2.20. The Morgan fingerprint density at radius 2 is 1.70 bits per heavy atom. The third kappa shape index (κ3) is 4.43. The zero-order valence-corrected chi connectivity index (χ0v) is 19.5. The number of hydrogen-bond acceptors (Lipinski definition) is 5. The maximum Gasteiger partial charge on any atom is 0.325 e. The minimum atomic E-state index is -3.78. The summed E-state index contributed by atoms with van der Waals surface area (Å²) in [5.74, 6) is -0.838. The molecule has 0 saturated heterocycles. The van der Waals surface area contributed by atoms with Gasteiger partial charge in [0, 0.05) is 17.1 Å². The van der Waals surface area contributed by atoms with Crippen molar-refractivity contribution in [1.29, 1.82) is 0 Å². The van der Waals surface area contributed by atoms with Crippen LogP contribution in [0.2, 0.25) is 10.0 Å². The fourth-order valence-electron chi connectivity index (χ4n) is 3.32. The number of sulfone groups is 1. The van der Waals surface area contributed by atoms with Crippen molar-refractivity contribution in [1.82, 2.24) is 4.98 Å². The lowest BCUT2D eigenvalue weighted by Gasteiger charge is -2.13. The molecule has 0 aliphatic heterocycles. The fourth-order valence-corrected chi connectivity index (χ4v) is 5.32. The van der Waals surface area contributed by atoms with E-state index in [1.165, 1.54) is 18.3 Å².